The number of nitrogens with one attached hydrogen (secondary N) is 1. The van der Waals surface area contributed by atoms with Crippen molar-refractivity contribution in [3.63, 3.8) is 0 Å². The molecule has 0 saturated carbocycles. The fraction of sp³-hybridized carbons (Fsp3) is 0.211. The normalized spacial score (nSPS) is 11.6. The van der Waals surface area contributed by atoms with Crippen LogP contribution < -0.4 is 5.32 Å². The molecular formula is C19H20N4O4S2. The van der Waals surface area contributed by atoms with E-state index < -0.39 is 10.0 Å². The summed E-state index contributed by atoms with van der Waals surface area (Å²) in [4.78, 5) is 12.3. The average molecular weight is 433 g/mol. The lowest BCUT2D eigenvalue weighted by Crippen LogP contribution is -2.22. The van der Waals surface area contributed by atoms with E-state index in [9.17, 15) is 13.2 Å². The summed E-state index contributed by atoms with van der Waals surface area (Å²) >= 11 is 1.12. The Morgan fingerprint density at radius 3 is 2.34 bits per heavy atom. The molecule has 152 valence electrons. The Balaban J connectivity index is 1.56. The van der Waals surface area contributed by atoms with Crippen molar-refractivity contribution in [2.75, 3.05) is 25.2 Å². The van der Waals surface area contributed by atoms with Gasteiger partial charge in [-0.1, -0.05) is 29.5 Å². The highest BCUT2D eigenvalue weighted by Crippen LogP contribution is 2.24. The van der Waals surface area contributed by atoms with Gasteiger partial charge in [-0.25, -0.2) is 12.7 Å². The fourth-order valence-corrected chi connectivity index (χ4v) is 3.79. The standard InChI is InChI=1S/C19H20N4O4S2/c1-13-4-6-14(7-5-13)18-21-22-19(27-18)28-12-17(24)20-15-8-10-16(11-9-15)29(25,26)23(2)3/h4-11H,12H2,1-3H3,(H,20,24). The van der Waals surface area contributed by atoms with Crippen molar-refractivity contribution in [3.8, 4) is 11.5 Å². The molecule has 1 heterocycles. The maximum atomic E-state index is 12.1. The van der Waals surface area contributed by atoms with E-state index in [4.69, 9.17) is 4.42 Å². The van der Waals surface area contributed by atoms with Crippen LogP contribution in [0, 0.1) is 6.92 Å². The molecule has 8 nitrogen and oxygen atoms in total. The third kappa shape index (κ3) is 5.22. The number of anilines is 1. The van der Waals surface area contributed by atoms with Crippen LogP contribution in [0.5, 0.6) is 0 Å². The third-order valence-corrected chi connectivity index (χ3v) is 6.60. The SMILES string of the molecule is Cc1ccc(-c2nnc(SCC(=O)Nc3ccc(S(=O)(=O)N(C)C)cc3)o2)cc1. The van der Waals surface area contributed by atoms with Gasteiger partial charge in [-0.2, -0.15) is 0 Å². The van der Waals surface area contributed by atoms with Crippen LogP contribution in [0.25, 0.3) is 11.5 Å². The maximum Gasteiger partial charge on any atom is 0.277 e. The van der Waals surface area contributed by atoms with Crippen LogP contribution in [0.2, 0.25) is 0 Å². The number of hydrogen-bond acceptors (Lipinski definition) is 7. The van der Waals surface area contributed by atoms with Crippen molar-refractivity contribution in [1.29, 1.82) is 0 Å². The molecule has 0 radical (unpaired) electrons. The summed E-state index contributed by atoms with van der Waals surface area (Å²) in [6, 6.07) is 13.7. The molecule has 0 saturated heterocycles. The Morgan fingerprint density at radius 2 is 1.72 bits per heavy atom. The number of carbonyl (C=O) groups excluding carboxylic acids is 1. The van der Waals surface area contributed by atoms with Crippen molar-refractivity contribution in [2.24, 2.45) is 0 Å². The lowest BCUT2D eigenvalue weighted by Gasteiger charge is -2.11. The first-order valence-electron chi connectivity index (χ1n) is 8.61. The van der Waals surface area contributed by atoms with Gasteiger partial charge in [-0.15, -0.1) is 10.2 Å². The number of aromatic nitrogens is 2. The fourth-order valence-electron chi connectivity index (χ4n) is 2.33. The predicted octanol–water partition coefficient (Wildman–Crippen LogP) is 3.03. The van der Waals surface area contributed by atoms with Crippen LogP contribution >= 0.6 is 11.8 Å². The first kappa shape index (κ1) is 21.0. The predicted molar refractivity (Wildman–Crippen MR) is 111 cm³/mol. The second-order valence-corrected chi connectivity index (χ2v) is 9.47. The van der Waals surface area contributed by atoms with Gasteiger partial charge >= 0.3 is 0 Å². The second-order valence-electron chi connectivity index (χ2n) is 6.39. The van der Waals surface area contributed by atoms with Gasteiger partial charge in [0.05, 0.1) is 10.6 Å². The molecule has 0 unspecified atom stereocenters. The molecule has 3 aromatic rings. The number of amides is 1. The third-order valence-electron chi connectivity index (χ3n) is 3.95. The van der Waals surface area contributed by atoms with Gasteiger partial charge in [0.25, 0.3) is 5.22 Å². The summed E-state index contributed by atoms with van der Waals surface area (Å²) in [5.74, 6) is 0.201. The summed E-state index contributed by atoms with van der Waals surface area (Å²) < 4.78 is 30.8. The van der Waals surface area contributed by atoms with Gasteiger partial charge in [0, 0.05) is 25.3 Å². The molecule has 0 aliphatic carbocycles. The quantitative estimate of drug-likeness (QED) is 0.572. The van der Waals surface area contributed by atoms with Crippen molar-refractivity contribution in [3.05, 3.63) is 54.1 Å². The summed E-state index contributed by atoms with van der Waals surface area (Å²) in [6.07, 6.45) is 0. The van der Waals surface area contributed by atoms with Crippen LogP contribution in [0.4, 0.5) is 5.69 Å². The van der Waals surface area contributed by atoms with Gasteiger partial charge in [0.15, 0.2) is 0 Å². The van der Waals surface area contributed by atoms with E-state index >= 15 is 0 Å². The van der Waals surface area contributed by atoms with Crippen LogP contribution in [0.3, 0.4) is 0 Å². The van der Waals surface area contributed by atoms with Crippen LogP contribution in [-0.4, -0.2) is 48.7 Å². The zero-order chi connectivity index (χ0) is 21.0. The van der Waals surface area contributed by atoms with Gasteiger partial charge in [0.2, 0.25) is 21.8 Å². The highest BCUT2D eigenvalue weighted by molar-refractivity contribution is 7.99. The van der Waals surface area contributed by atoms with E-state index in [1.54, 1.807) is 12.1 Å². The Kier molecular flexibility index (Phi) is 6.36. The highest BCUT2D eigenvalue weighted by atomic mass is 32.2. The van der Waals surface area contributed by atoms with Crippen molar-refractivity contribution < 1.29 is 17.6 Å². The Labute approximate surface area is 173 Å². The van der Waals surface area contributed by atoms with Crippen LogP contribution in [0.15, 0.2) is 63.1 Å². The maximum absolute atomic E-state index is 12.1. The molecule has 0 aliphatic heterocycles. The minimum Gasteiger partial charge on any atom is -0.411 e. The number of carbonyl (C=O) groups is 1. The first-order chi connectivity index (χ1) is 13.8. The van der Waals surface area contributed by atoms with Crippen molar-refractivity contribution >= 4 is 33.4 Å². The molecule has 0 spiro atoms. The molecule has 0 aliphatic rings. The molecule has 1 N–H and O–H groups in total. The van der Waals surface area contributed by atoms with Gasteiger partial charge < -0.3 is 9.73 Å². The number of rotatable bonds is 7. The van der Waals surface area contributed by atoms with Gasteiger partial charge in [0.1, 0.15) is 0 Å². The number of hydrogen-bond donors (Lipinski definition) is 1. The minimum absolute atomic E-state index is 0.0767. The Morgan fingerprint density at radius 1 is 1.07 bits per heavy atom. The number of thioether (sulfide) groups is 1. The highest BCUT2D eigenvalue weighted by Gasteiger charge is 2.17. The van der Waals surface area contributed by atoms with E-state index in [-0.39, 0.29) is 16.6 Å². The van der Waals surface area contributed by atoms with E-state index in [1.165, 1.54) is 26.2 Å². The molecule has 2 aromatic carbocycles. The monoisotopic (exact) mass is 432 g/mol. The Bertz CT molecular complexity index is 1090. The summed E-state index contributed by atoms with van der Waals surface area (Å²) in [7, 11) is -0.578. The molecule has 29 heavy (non-hydrogen) atoms. The number of sulfonamides is 1. The minimum atomic E-state index is -3.50. The Hall–Kier alpha value is -2.69. The molecule has 3 rings (SSSR count). The molecule has 0 bridgehead atoms. The molecule has 1 aromatic heterocycles. The van der Waals surface area contributed by atoms with E-state index in [2.05, 4.69) is 15.5 Å². The molecule has 10 heteroatoms. The van der Waals surface area contributed by atoms with E-state index in [0.29, 0.717) is 16.8 Å². The van der Waals surface area contributed by atoms with Crippen LogP contribution in [0.1, 0.15) is 5.56 Å². The smallest absolute Gasteiger partial charge is 0.277 e. The summed E-state index contributed by atoms with van der Waals surface area (Å²) in [5, 5.41) is 10.9. The lowest BCUT2D eigenvalue weighted by atomic mass is 10.1. The largest absolute Gasteiger partial charge is 0.411 e. The van der Waals surface area contributed by atoms with Crippen molar-refractivity contribution in [2.45, 2.75) is 17.0 Å². The van der Waals surface area contributed by atoms with E-state index in [0.717, 1.165) is 27.2 Å². The number of aryl methyl sites for hydroxylation is 1. The lowest BCUT2D eigenvalue weighted by molar-refractivity contribution is -0.113. The number of nitrogens with zero attached hydrogens (tertiary/aromatic N) is 3. The number of benzene rings is 2. The van der Waals surface area contributed by atoms with Crippen molar-refractivity contribution in [1.82, 2.24) is 14.5 Å². The first-order valence-corrected chi connectivity index (χ1v) is 11.0. The zero-order valence-corrected chi connectivity index (χ0v) is 17.8. The van der Waals surface area contributed by atoms with Gasteiger partial charge in [-0.05, 0) is 43.3 Å². The molecule has 0 atom stereocenters. The summed E-state index contributed by atoms with van der Waals surface area (Å²) in [6.45, 7) is 1.99. The zero-order valence-electron chi connectivity index (χ0n) is 16.1. The average Bonchev–Trinajstić information content (AvgIpc) is 3.16. The van der Waals surface area contributed by atoms with E-state index in [1.807, 2.05) is 31.2 Å². The second kappa shape index (κ2) is 8.76. The summed E-state index contributed by atoms with van der Waals surface area (Å²) in [5.41, 5.74) is 2.44. The molecule has 1 amide bonds. The van der Waals surface area contributed by atoms with Gasteiger partial charge in [-0.3, -0.25) is 4.79 Å². The molecular weight excluding hydrogens is 412 g/mol. The molecule has 0 fully saturated rings. The van der Waals surface area contributed by atoms with Crippen LogP contribution in [-0.2, 0) is 14.8 Å². The topological polar surface area (TPSA) is 105 Å².